The second kappa shape index (κ2) is 5.99. The number of carboxylic acids is 1. The van der Waals surface area contributed by atoms with E-state index in [2.05, 4.69) is 15.9 Å². The van der Waals surface area contributed by atoms with Crippen molar-refractivity contribution in [1.29, 1.82) is 0 Å². The van der Waals surface area contributed by atoms with Crippen molar-refractivity contribution in [1.82, 2.24) is 0 Å². The molecule has 0 aliphatic carbocycles. The Hall–Kier alpha value is -1.66. The maximum absolute atomic E-state index is 12.5. The second-order valence-corrected chi connectivity index (χ2v) is 7.55. The normalized spacial score (nSPS) is 11.3. The number of sulfone groups is 1. The van der Waals surface area contributed by atoms with Gasteiger partial charge in [0, 0.05) is 4.47 Å². The highest BCUT2D eigenvalue weighted by atomic mass is 79.9. The van der Waals surface area contributed by atoms with Gasteiger partial charge in [-0.15, -0.1) is 0 Å². The van der Waals surface area contributed by atoms with Gasteiger partial charge in [-0.05, 0) is 42.3 Å². The van der Waals surface area contributed by atoms with Crippen molar-refractivity contribution in [2.45, 2.75) is 17.6 Å². The minimum absolute atomic E-state index is 0.0339. The number of aromatic carboxylic acids is 1. The monoisotopic (exact) mass is 368 g/mol. The second-order valence-electron chi connectivity index (χ2n) is 4.67. The fourth-order valence-corrected chi connectivity index (χ4v) is 4.08. The molecule has 0 amide bonds. The predicted octanol–water partition coefficient (Wildman–Crippen LogP) is 3.43. The van der Waals surface area contributed by atoms with Gasteiger partial charge in [0.2, 0.25) is 0 Å². The van der Waals surface area contributed by atoms with Crippen LogP contribution in [-0.4, -0.2) is 19.5 Å². The summed E-state index contributed by atoms with van der Waals surface area (Å²) in [5.74, 6) is -1.31. The van der Waals surface area contributed by atoms with Crippen molar-refractivity contribution >= 4 is 31.7 Å². The minimum atomic E-state index is -3.60. The molecule has 0 spiro atoms. The van der Waals surface area contributed by atoms with Crippen LogP contribution in [0.5, 0.6) is 0 Å². The van der Waals surface area contributed by atoms with Crippen LogP contribution in [0, 0.1) is 6.92 Å². The first-order valence-electron chi connectivity index (χ1n) is 6.11. The summed E-state index contributed by atoms with van der Waals surface area (Å²) in [6.45, 7) is 1.65. The Kier molecular flexibility index (Phi) is 4.49. The molecule has 0 saturated carbocycles. The van der Waals surface area contributed by atoms with Crippen molar-refractivity contribution in [3.8, 4) is 0 Å². The van der Waals surface area contributed by atoms with Crippen molar-refractivity contribution < 1.29 is 18.3 Å². The summed E-state index contributed by atoms with van der Waals surface area (Å²) in [6.07, 6.45) is 0. The molecule has 0 aromatic heterocycles. The fraction of sp³-hybridized carbons (Fsp3) is 0.133. The number of halogens is 1. The quantitative estimate of drug-likeness (QED) is 0.896. The first-order valence-corrected chi connectivity index (χ1v) is 8.55. The van der Waals surface area contributed by atoms with Gasteiger partial charge in [-0.3, -0.25) is 0 Å². The van der Waals surface area contributed by atoms with Crippen molar-refractivity contribution in [3.63, 3.8) is 0 Å². The van der Waals surface area contributed by atoms with E-state index in [1.165, 1.54) is 18.2 Å². The summed E-state index contributed by atoms with van der Waals surface area (Å²) < 4.78 is 25.8. The fourth-order valence-electron chi connectivity index (χ4n) is 1.99. The zero-order chi connectivity index (χ0) is 15.6. The van der Waals surface area contributed by atoms with Gasteiger partial charge in [0.15, 0.2) is 9.84 Å². The molecule has 0 unspecified atom stereocenters. The average Bonchev–Trinajstić information content (AvgIpc) is 2.38. The molecule has 0 heterocycles. The highest BCUT2D eigenvalue weighted by Crippen LogP contribution is 2.23. The smallest absolute Gasteiger partial charge is 0.335 e. The van der Waals surface area contributed by atoms with Crippen LogP contribution < -0.4 is 0 Å². The van der Waals surface area contributed by atoms with Crippen LogP contribution in [0.2, 0.25) is 0 Å². The van der Waals surface area contributed by atoms with E-state index in [1.54, 1.807) is 25.1 Å². The SMILES string of the molecule is Cc1ccc(C(=O)O)cc1S(=O)(=O)Cc1cccc(Br)c1. The number of benzene rings is 2. The van der Waals surface area contributed by atoms with Crippen LogP contribution in [0.3, 0.4) is 0 Å². The zero-order valence-electron chi connectivity index (χ0n) is 11.2. The summed E-state index contributed by atoms with van der Waals surface area (Å²) >= 11 is 3.30. The molecule has 0 atom stereocenters. The molecular formula is C15H13BrO4S. The summed E-state index contributed by atoms with van der Waals surface area (Å²) in [6, 6.07) is 11.1. The van der Waals surface area contributed by atoms with E-state index in [-0.39, 0.29) is 16.2 Å². The third-order valence-corrected chi connectivity index (χ3v) is 5.33. The van der Waals surface area contributed by atoms with E-state index in [4.69, 9.17) is 5.11 Å². The maximum atomic E-state index is 12.5. The summed E-state index contributed by atoms with van der Waals surface area (Å²) in [5, 5.41) is 8.99. The van der Waals surface area contributed by atoms with E-state index in [1.807, 2.05) is 6.07 Å². The van der Waals surface area contributed by atoms with Crippen molar-refractivity contribution in [2.24, 2.45) is 0 Å². The van der Waals surface area contributed by atoms with Gasteiger partial charge in [-0.1, -0.05) is 34.1 Å². The molecule has 6 heteroatoms. The lowest BCUT2D eigenvalue weighted by atomic mass is 10.1. The van der Waals surface area contributed by atoms with Gasteiger partial charge in [0.1, 0.15) is 0 Å². The van der Waals surface area contributed by atoms with Crippen LogP contribution in [0.4, 0.5) is 0 Å². The molecule has 2 aromatic carbocycles. The number of carbonyl (C=O) groups is 1. The number of hydrogen-bond donors (Lipinski definition) is 1. The van der Waals surface area contributed by atoms with Crippen LogP contribution in [0.25, 0.3) is 0 Å². The number of carboxylic acid groups (broad SMARTS) is 1. The van der Waals surface area contributed by atoms with Gasteiger partial charge in [-0.2, -0.15) is 0 Å². The molecule has 0 aliphatic heterocycles. The third-order valence-electron chi connectivity index (χ3n) is 3.02. The van der Waals surface area contributed by atoms with E-state index in [9.17, 15) is 13.2 Å². The topological polar surface area (TPSA) is 71.4 Å². The largest absolute Gasteiger partial charge is 0.478 e. The summed E-state index contributed by atoms with van der Waals surface area (Å²) in [5.41, 5.74) is 1.15. The molecule has 0 fully saturated rings. The maximum Gasteiger partial charge on any atom is 0.335 e. The summed E-state index contributed by atoms with van der Waals surface area (Å²) in [7, 11) is -3.60. The first-order chi connectivity index (χ1) is 9.79. The molecule has 1 N–H and O–H groups in total. The highest BCUT2D eigenvalue weighted by Gasteiger charge is 2.20. The van der Waals surface area contributed by atoms with Gasteiger partial charge < -0.3 is 5.11 Å². The van der Waals surface area contributed by atoms with Crippen LogP contribution in [-0.2, 0) is 15.6 Å². The predicted molar refractivity (Wildman–Crippen MR) is 83.2 cm³/mol. The molecule has 0 bridgehead atoms. The molecular weight excluding hydrogens is 356 g/mol. The van der Waals surface area contributed by atoms with Gasteiger partial charge in [-0.25, -0.2) is 13.2 Å². The van der Waals surface area contributed by atoms with E-state index >= 15 is 0 Å². The van der Waals surface area contributed by atoms with Crippen molar-refractivity contribution in [3.05, 3.63) is 63.6 Å². The van der Waals surface area contributed by atoms with Crippen molar-refractivity contribution in [2.75, 3.05) is 0 Å². The lowest BCUT2D eigenvalue weighted by Crippen LogP contribution is -2.09. The van der Waals surface area contributed by atoms with E-state index in [0.717, 1.165) is 4.47 Å². The Morgan fingerprint density at radius 1 is 1.19 bits per heavy atom. The Labute approximate surface area is 131 Å². The Morgan fingerprint density at radius 2 is 1.90 bits per heavy atom. The minimum Gasteiger partial charge on any atom is -0.478 e. The van der Waals surface area contributed by atoms with Gasteiger partial charge in [0.05, 0.1) is 16.2 Å². The standard InChI is InChI=1S/C15H13BrO4S/c1-10-5-6-12(15(17)18)8-14(10)21(19,20)9-11-3-2-4-13(16)7-11/h2-8H,9H2,1H3,(H,17,18). The molecule has 0 radical (unpaired) electrons. The molecule has 0 aliphatic rings. The lowest BCUT2D eigenvalue weighted by Gasteiger charge is -2.09. The lowest BCUT2D eigenvalue weighted by molar-refractivity contribution is 0.0696. The number of hydrogen-bond acceptors (Lipinski definition) is 3. The zero-order valence-corrected chi connectivity index (χ0v) is 13.6. The summed E-state index contributed by atoms with van der Waals surface area (Å²) in [4.78, 5) is 11.1. The van der Waals surface area contributed by atoms with Crippen LogP contribution in [0.1, 0.15) is 21.5 Å². The number of aryl methyl sites for hydroxylation is 1. The first kappa shape index (κ1) is 15.7. The number of rotatable bonds is 4. The van der Waals surface area contributed by atoms with Gasteiger partial charge in [0.25, 0.3) is 0 Å². The molecule has 110 valence electrons. The Balaban J connectivity index is 2.44. The van der Waals surface area contributed by atoms with Crippen LogP contribution >= 0.6 is 15.9 Å². The molecule has 21 heavy (non-hydrogen) atoms. The molecule has 2 rings (SSSR count). The highest BCUT2D eigenvalue weighted by molar-refractivity contribution is 9.10. The van der Waals surface area contributed by atoms with E-state index < -0.39 is 15.8 Å². The average molecular weight is 369 g/mol. The third kappa shape index (κ3) is 3.71. The molecule has 2 aromatic rings. The van der Waals surface area contributed by atoms with Gasteiger partial charge >= 0.3 is 5.97 Å². The van der Waals surface area contributed by atoms with Crippen LogP contribution in [0.15, 0.2) is 51.8 Å². The molecule has 4 nitrogen and oxygen atoms in total. The Morgan fingerprint density at radius 3 is 2.52 bits per heavy atom. The molecule has 0 saturated heterocycles. The van der Waals surface area contributed by atoms with E-state index in [0.29, 0.717) is 11.1 Å². The Bertz CT molecular complexity index is 797.